The molecule has 0 aromatic heterocycles. The minimum Gasteiger partial charge on any atom is -0.496 e. The summed E-state index contributed by atoms with van der Waals surface area (Å²) in [5, 5.41) is 3.01. The molecule has 0 spiro atoms. The molecule has 1 unspecified atom stereocenters. The van der Waals surface area contributed by atoms with Crippen molar-refractivity contribution in [3.8, 4) is 5.75 Å². The number of carbonyl (C=O) groups excluding carboxylic acids is 1. The third-order valence-electron chi connectivity index (χ3n) is 6.49. The summed E-state index contributed by atoms with van der Waals surface area (Å²) in [4.78, 5) is 13.3. The van der Waals surface area contributed by atoms with Gasteiger partial charge in [0.05, 0.1) is 23.6 Å². The molecule has 1 N–H and O–H groups in total. The average Bonchev–Trinajstić information content (AvgIpc) is 2.75. The summed E-state index contributed by atoms with van der Waals surface area (Å²) in [5.74, 6) is 0.503. The Kier molecular flexibility index (Phi) is 7.30. The molecule has 0 saturated carbocycles. The van der Waals surface area contributed by atoms with Crippen LogP contribution < -0.4 is 10.1 Å². The normalized spacial score (nSPS) is 16.6. The number of hydrogen-bond acceptors (Lipinski definition) is 4. The highest BCUT2D eigenvalue weighted by atomic mass is 32.2. The number of ether oxygens (including phenoxy) is 1. The maximum Gasteiger partial charge on any atom is 0.255 e. The highest BCUT2D eigenvalue weighted by Crippen LogP contribution is 2.28. The van der Waals surface area contributed by atoms with Crippen LogP contribution in [0.1, 0.15) is 65.3 Å². The fraction of sp³-hybridized carbons (Fsp3) is 0.480. The Morgan fingerprint density at radius 1 is 1.06 bits per heavy atom. The number of hydrogen-bond donors (Lipinski definition) is 1. The van der Waals surface area contributed by atoms with Gasteiger partial charge in [-0.3, -0.25) is 4.79 Å². The number of rotatable bonds is 6. The fourth-order valence-corrected chi connectivity index (χ4v) is 5.70. The lowest BCUT2D eigenvalue weighted by molar-refractivity contribution is 0.0936. The van der Waals surface area contributed by atoms with Gasteiger partial charge in [-0.05, 0) is 86.9 Å². The van der Waals surface area contributed by atoms with Crippen LogP contribution in [0.2, 0.25) is 0 Å². The number of nitrogens with one attached hydrogen (secondary N) is 1. The molecule has 1 amide bonds. The van der Waals surface area contributed by atoms with Crippen molar-refractivity contribution < 1.29 is 17.9 Å². The van der Waals surface area contributed by atoms with Crippen molar-refractivity contribution in [3.63, 3.8) is 0 Å². The second-order valence-electron chi connectivity index (χ2n) is 8.94. The summed E-state index contributed by atoms with van der Waals surface area (Å²) in [6.07, 6.45) is 1.69. The zero-order chi connectivity index (χ0) is 23.6. The summed E-state index contributed by atoms with van der Waals surface area (Å²) >= 11 is 0. The number of aryl methyl sites for hydroxylation is 3. The maximum absolute atomic E-state index is 13.2. The zero-order valence-electron chi connectivity index (χ0n) is 19.9. The van der Waals surface area contributed by atoms with Crippen LogP contribution in [0.25, 0.3) is 0 Å². The zero-order valence-corrected chi connectivity index (χ0v) is 20.7. The van der Waals surface area contributed by atoms with Gasteiger partial charge in [-0.2, -0.15) is 4.31 Å². The highest BCUT2D eigenvalue weighted by molar-refractivity contribution is 7.89. The fourth-order valence-electron chi connectivity index (χ4n) is 4.20. The lowest BCUT2D eigenvalue weighted by atomic mass is 9.96. The maximum atomic E-state index is 13.2. The minimum atomic E-state index is -3.67. The first kappa shape index (κ1) is 24.3. The molecule has 1 atom stereocenters. The molecule has 0 bridgehead atoms. The number of methoxy groups -OCH3 is 1. The number of sulfonamides is 1. The van der Waals surface area contributed by atoms with Gasteiger partial charge in [0.15, 0.2) is 0 Å². The molecule has 3 rings (SSSR count). The molecule has 6 nitrogen and oxygen atoms in total. The Morgan fingerprint density at radius 3 is 2.31 bits per heavy atom. The van der Waals surface area contributed by atoms with E-state index in [9.17, 15) is 13.2 Å². The van der Waals surface area contributed by atoms with Gasteiger partial charge in [-0.1, -0.05) is 19.1 Å². The van der Waals surface area contributed by atoms with E-state index < -0.39 is 10.0 Å². The lowest BCUT2D eigenvalue weighted by Crippen LogP contribution is -2.38. The topological polar surface area (TPSA) is 75.7 Å². The van der Waals surface area contributed by atoms with Crippen molar-refractivity contribution in [1.82, 2.24) is 9.62 Å². The quantitative estimate of drug-likeness (QED) is 0.690. The number of amides is 1. The van der Waals surface area contributed by atoms with Crippen LogP contribution in [0.3, 0.4) is 0 Å². The van der Waals surface area contributed by atoms with Crippen LogP contribution in [0.15, 0.2) is 35.2 Å². The van der Waals surface area contributed by atoms with Crippen molar-refractivity contribution in [1.29, 1.82) is 0 Å². The van der Waals surface area contributed by atoms with Gasteiger partial charge in [-0.25, -0.2) is 8.42 Å². The molecule has 174 valence electrons. The van der Waals surface area contributed by atoms with Crippen LogP contribution in [0.4, 0.5) is 0 Å². The van der Waals surface area contributed by atoms with Crippen LogP contribution in [-0.4, -0.2) is 38.8 Å². The third-order valence-corrected chi connectivity index (χ3v) is 8.39. The summed E-state index contributed by atoms with van der Waals surface area (Å²) in [6, 6.07) is 8.46. The molecule has 0 radical (unpaired) electrons. The third kappa shape index (κ3) is 4.99. The largest absolute Gasteiger partial charge is 0.496 e. The van der Waals surface area contributed by atoms with E-state index in [4.69, 9.17) is 4.74 Å². The number of benzene rings is 2. The molecule has 1 saturated heterocycles. The van der Waals surface area contributed by atoms with E-state index in [0.29, 0.717) is 24.8 Å². The first-order valence-corrected chi connectivity index (χ1v) is 12.6. The van der Waals surface area contributed by atoms with Crippen molar-refractivity contribution >= 4 is 15.9 Å². The van der Waals surface area contributed by atoms with E-state index in [1.807, 2.05) is 20.8 Å². The second-order valence-corrected chi connectivity index (χ2v) is 10.9. The van der Waals surface area contributed by atoms with Gasteiger partial charge in [0.25, 0.3) is 5.91 Å². The molecular weight excluding hydrogens is 424 g/mol. The van der Waals surface area contributed by atoms with E-state index in [-0.39, 0.29) is 22.4 Å². The van der Waals surface area contributed by atoms with Gasteiger partial charge in [0.2, 0.25) is 10.0 Å². The van der Waals surface area contributed by atoms with E-state index in [1.165, 1.54) is 29.1 Å². The van der Waals surface area contributed by atoms with Crippen LogP contribution >= 0.6 is 0 Å². The first-order chi connectivity index (χ1) is 15.0. The molecule has 1 fully saturated rings. The Morgan fingerprint density at radius 2 is 1.69 bits per heavy atom. The summed E-state index contributed by atoms with van der Waals surface area (Å²) in [7, 11) is -2.19. The van der Waals surface area contributed by atoms with Gasteiger partial charge >= 0.3 is 0 Å². The second kappa shape index (κ2) is 9.63. The molecular formula is C25H34N2O4S. The Labute approximate surface area is 192 Å². The molecule has 2 aromatic carbocycles. The Hall–Kier alpha value is -2.38. The molecule has 7 heteroatoms. The van der Waals surface area contributed by atoms with Crippen LogP contribution in [0.5, 0.6) is 5.75 Å². The molecule has 32 heavy (non-hydrogen) atoms. The minimum absolute atomic E-state index is 0.119. The predicted molar refractivity (Wildman–Crippen MR) is 127 cm³/mol. The molecule has 1 heterocycles. The van der Waals surface area contributed by atoms with Crippen molar-refractivity contribution in [2.75, 3.05) is 20.2 Å². The Bertz CT molecular complexity index is 1100. The van der Waals surface area contributed by atoms with E-state index >= 15 is 0 Å². The number of nitrogens with zero attached hydrogens (tertiary/aromatic N) is 1. The van der Waals surface area contributed by atoms with Crippen LogP contribution in [0, 0.1) is 26.7 Å². The molecule has 1 aliphatic rings. The SMILES string of the molecule is COc1ccc(S(=O)(=O)N2CCC(C)CC2)cc1C(=O)NC(C)c1cc(C)c(C)cc1C. The molecule has 2 aromatic rings. The summed E-state index contributed by atoms with van der Waals surface area (Å²) in [6.45, 7) is 11.2. The van der Waals surface area contributed by atoms with Crippen molar-refractivity contribution in [3.05, 3.63) is 58.1 Å². The smallest absolute Gasteiger partial charge is 0.255 e. The van der Waals surface area contributed by atoms with Gasteiger partial charge in [0.1, 0.15) is 5.75 Å². The molecule has 0 aliphatic carbocycles. The van der Waals surface area contributed by atoms with E-state index in [0.717, 1.165) is 29.5 Å². The standard InChI is InChI=1S/C25H34N2O4S/c1-16-9-11-27(12-10-16)32(29,30)21-7-8-24(31-6)23(15-21)25(28)26-20(5)22-14-18(3)17(2)13-19(22)4/h7-8,13-16,20H,9-12H2,1-6H3,(H,26,28). The average molecular weight is 459 g/mol. The van der Waals surface area contributed by atoms with E-state index in [1.54, 1.807) is 6.07 Å². The first-order valence-electron chi connectivity index (χ1n) is 11.1. The Balaban J connectivity index is 1.88. The van der Waals surface area contributed by atoms with Gasteiger partial charge in [-0.15, -0.1) is 0 Å². The summed E-state index contributed by atoms with van der Waals surface area (Å²) in [5.41, 5.74) is 4.71. The van der Waals surface area contributed by atoms with E-state index in [2.05, 4.69) is 31.3 Å². The predicted octanol–water partition coefficient (Wildman–Crippen LogP) is 4.53. The van der Waals surface area contributed by atoms with Crippen LogP contribution in [-0.2, 0) is 10.0 Å². The van der Waals surface area contributed by atoms with Gasteiger partial charge in [0, 0.05) is 13.1 Å². The highest BCUT2D eigenvalue weighted by Gasteiger charge is 2.29. The molecule has 1 aliphatic heterocycles. The van der Waals surface area contributed by atoms with Crippen molar-refractivity contribution in [2.24, 2.45) is 5.92 Å². The monoisotopic (exact) mass is 458 g/mol. The van der Waals surface area contributed by atoms with Crippen molar-refractivity contribution in [2.45, 2.75) is 58.4 Å². The summed E-state index contributed by atoms with van der Waals surface area (Å²) < 4.78 is 33.2. The lowest BCUT2D eigenvalue weighted by Gasteiger charge is -2.29. The van der Waals surface area contributed by atoms with Gasteiger partial charge < -0.3 is 10.1 Å². The number of carbonyl (C=O) groups is 1. The number of piperidine rings is 1.